The summed E-state index contributed by atoms with van der Waals surface area (Å²) in [6, 6.07) is 6.64. The maximum atomic E-state index is 12.0. The van der Waals surface area contributed by atoms with E-state index in [-0.39, 0.29) is 11.7 Å². The van der Waals surface area contributed by atoms with Crippen LogP contribution in [-0.2, 0) is 7.05 Å². The zero-order chi connectivity index (χ0) is 13.3. The minimum atomic E-state index is -0.316. The maximum absolute atomic E-state index is 12.0. The Morgan fingerprint density at radius 1 is 1.39 bits per heavy atom. The molecule has 18 heavy (non-hydrogen) atoms. The third kappa shape index (κ3) is 2.49. The zero-order valence-electron chi connectivity index (χ0n) is 10.1. The van der Waals surface area contributed by atoms with Crippen molar-refractivity contribution in [3.8, 4) is 5.75 Å². The first-order chi connectivity index (χ1) is 8.47. The number of benzene rings is 1. The Bertz CT molecular complexity index is 605. The Morgan fingerprint density at radius 3 is 2.67 bits per heavy atom. The van der Waals surface area contributed by atoms with E-state index in [4.69, 9.17) is 11.6 Å². The number of hydrogen-bond acceptors (Lipinski definition) is 2. The number of carbonyl (C=O) groups is 1. The van der Waals surface area contributed by atoms with E-state index < -0.39 is 0 Å². The van der Waals surface area contributed by atoms with Crippen LogP contribution in [0, 0.1) is 6.92 Å². The molecule has 1 heterocycles. The number of phenols is 1. The average Bonchev–Trinajstić information content (AvgIpc) is 2.62. The molecule has 0 aliphatic rings. The molecule has 0 spiro atoms. The molecule has 0 saturated carbocycles. The molecule has 0 unspecified atom stereocenters. The summed E-state index contributed by atoms with van der Waals surface area (Å²) in [5, 5.41) is 12.8. The zero-order valence-corrected chi connectivity index (χ0v) is 10.8. The van der Waals surface area contributed by atoms with Crippen molar-refractivity contribution in [3.63, 3.8) is 0 Å². The van der Waals surface area contributed by atoms with Crippen molar-refractivity contribution in [1.29, 1.82) is 0 Å². The van der Waals surface area contributed by atoms with Crippen LogP contribution in [0.3, 0.4) is 0 Å². The molecule has 0 bridgehead atoms. The lowest BCUT2D eigenvalue weighted by atomic mass is 10.2. The van der Waals surface area contributed by atoms with Crippen LogP contribution in [-0.4, -0.2) is 15.6 Å². The van der Waals surface area contributed by atoms with Gasteiger partial charge >= 0.3 is 0 Å². The van der Waals surface area contributed by atoms with Gasteiger partial charge in [0.1, 0.15) is 11.4 Å². The number of aromatic hydroxyl groups is 1. The van der Waals surface area contributed by atoms with Crippen LogP contribution >= 0.6 is 11.6 Å². The molecule has 1 aromatic carbocycles. The molecule has 1 aromatic heterocycles. The van der Waals surface area contributed by atoms with Crippen molar-refractivity contribution >= 4 is 23.2 Å². The van der Waals surface area contributed by atoms with E-state index in [1.54, 1.807) is 36.0 Å². The van der Waals surface area contributed by atoms with Crippen LogP contribution < -0.4 is 5.32 Å². The predicted octanol–water partition coefficient (Wildman–Crippen LogP) is 2.94. The first-order valence-electron chi connectivity index (χ1n) is 5.40. The van der Waals surface area contributed by atoms with Crippen LogP contribution in [0.5, 0.6) is 5.75 Å². The van der Waals surface area contributed by atoms with E-state index in [0.29, 0.717) is 16.4 Å². The summed E-state index contributed by atoms with van der Waals surface area (Å²) in [6.45, 7) is 1.86. The minimum absolute atomic E-state index is 0.0451. The monoisotopic (exact) mass is 264 g/mol. The molecule has 0 atom stereocenters. The summed E-state index contributed by atoms with van der Waals surface area (Å²) >= 11 is 5.81. The fraction of sp³-hybridized carbons (Fsp3) is 0.154. The highest BCUT2D eigenvalue weighted by atomic mass is 35.5. The van der Waals surface area contributed by atoms with Crippen molar-refractivity contribution in [2.45, 2.75) is 6.92 Å². The minimum Gasteiger partial charge on any atom is -0.506 e. The Morgan fingerprint density at radius 2 is 2.11 bits per heavy atom. The second-order valence-electron chi connectivity index (χ2n) is 4.13. The highest BCUT2D eigenvalue weighted by Gasteiger charge is 2.13. The number of aryl methyl sites for hydroxylation is 2. The number of aromatic nitrogens is 1. The largest absolute Gasteiger partial charge is 0.506 e. The van der Waals surface area contributed by atoms with Gasteiger partial charge in [-0.15, -0.1) is 0 Å². The maximum Gasteiger partial charge on any atom is 0.272 e. The normalized spacial score (nSPS) is 10.4. The highest BCUT2D eigenvalue weighted by Crippen LogP contribution is 2.24. The van der Waals surface area contributed by atoms with E-state index in [2.05, 4.69) is 5.32 Å². The third-order valence-corrected chi connectivity index (χ3v) is 2.81. The van der Waals surface area contributed by atoms with Crippen LogP contribution in [0.15, 0.2) is 30.5 Å². The van der Waals surface area contributed by atoms with Gasteiger partial charge in [-0.3, -0.25) is 4.79 Å². The summed E-state index contributed by atoms with van der Waals surface area (Å²) in [6.07, 6.45) is 1.64. The summed E-state index contributed by atoms with van der Waals surface area (Å²) < 4.78 is 1.63. The molecule has 0 fully saturated rings. The van der Waals surface area contributed by atoms with Crippen molar-refractivity contribution in [3.05, 3.63) is 46.7 Å². The number of anilines is 1. The Hall–Kier alpha value is -1.94. The smallest absolute Gasteiger partial charge is 0.272 e. The second-order valence-corrected chi connectivity index (χ2v) is 4.57. The van der Waals surface area contributed by atoms with E-state index in [0.717, 1.165) is 5.56 Å². The van der Waals surface area contributed by atoms with Gasteiger partial charge in [-0.1, -0.05) is 17.7 Å². The highest BCUT2D eigenvalue weighted by molar-refractivity contribution is 6.31. The van der Waals surface area contributed by atoms with Gasteiger partial charge in [0.05, 0.1) is 10.7 Å². The molecular formula is C13H13ClN2O2. The van der Waals surface area contributed by atoms with E-state index in [9.17, 15) is 9.90 Å². The van der Waals surface area contributed by atoms with E-state index >= 15 is 0 Å². The molecule has 0 radical (unpaired) electrons. The second kappa shape index (κ2) is 4.74. The standard InChI is InChI=1S/C13H13ClN2O2/c1-8-3-4-10(12(17)5-8)15-13(18)11-6-9(14)7-16(11)2/h3-7,17H,1-2H3,(H,15,18). The van der Waals surface area contributed by atoms with E-state index in [1.807, 2.05) is 13.0 Å². The number of nitrogens with one attached hydrogen (secondary N) is 1. The Labute approximate surface area is 110 Å². The fourth-order valence-electron chi connectivity index (χ4n) is 1.68. The molecule has 2 N–H and O–H groups in total. The summed E-state index contributed by atoms with van der Waals surface area (Å²) in [4.78, 5) is 12.0. The number of phenolic OH excluding ortho intramolecular Hbond substituents is 1. The fourth-order valence-corrected chi connectivity index (χ4v) is 1.93. The average molecular weight is 265 g/mol. The van der Waals surface area contributed by atoms with Crippen LogP contribution in [0.25, 0.3) is 0 Å². The predicted molar refractivity (Wildman–Crippen MR) is 71.2 cm³/mol. The van der Waals surface area contributed by atoms with Crippen LogP contribution in [0.4, 0.5) is 5.69 Å². The van der Waals surface area contributed by atoms with Crippen LogP contribution in [0.1, 0.15) is 16.1 Å². The van der Waals surface area contributed by atoms with Gasteiger partial charge in [0, 0.05) is 13.2 Å². The van der Waals surface area contributed by atoms with Crippen molar-refractivity contribution in [2.24, 2.45) is 7.05 Å². The molecule has 94 valence electrons. The molecule has 4 nitrogen and oxygen atoms in total. The van der Waals surface area contributed by atoms with Gasteiger partial charge in [-0.05, 0) is 30.7 Å². The number of rotatable bonds is 2. The van der Waals surface area contributed by atoms with Gasteiger partial charge in [-0.25, -0.2) is 0 Å². The SMILES string of the molecule is Cc1ccc(NC(=O)c2cc(Cl)cn2C)c(O)c1. The van der Waals surface area contributed by atoms with Gasteiger partial charge in [0.25, 0.3) is 5.91 Å². The Balaban J connectivity index is 2.24. The van der Waals surface area contributed by atoms with E-state index in [1.165, 1.54) is 0 Å². The number of nitrogens with zero attached hydrogens (tertiary/aromatic N) is 1. The number of carbonyl (C=O) groups excluding carboxylic acids is 1. The molecule has 2 aromatic rings. The van der Waals surface area contributed by atoms with Crippen molar-refractivity contribution in [1.82, 2.24) is 4.57 Å². The van der Waals surface area contributed by atoms with Crippen molar-refractivity contribution in [2.75, 3.05) is 5.32 Å². The first kappa shape index (κ1) is 12.5. The van der Waals surface area contributed by atoms with Crippen LogP contribution in [0.2, 0.25) is 5.02 Å². The van der Waals surface area contributed by atoms with Gasteiger partial charge in [-0.2, -0.15) is 0 Å². The van der Waals surface area contributed by atoms with Gasteiger partial charge in [0.2, 0.25) is 0 Å². The van der Waals surface area contributed by atoms with Crippen molar-refractivity contribution < 1.29 is 9.90 Å². The lowest BCUT2D eigenvalue weighted by Crippen LogP contribution is -2.15. The summed E-state index contributed by atoms with van der Waals surface area (Å²) in [5.41, 5.74) is 1.73. The summed E-state index contributed by atoms with van der Waals surface area (Å²) in [5.74, 6) is -0.271. The lowest BCUT2D eigenvalue weighted by molar-refractivity contribution is 0.101. The number of halogens is 1. The molecule has 2 rings (SSSR count). The molecule has 0 aliphatic carbocycles. The lowest BCUT2D eigenvalue weighted by Gasteiger charge is -2.08. The van der Waals surface area contributed by atoms with Gasteiger partial charge in [0.15, 0.2) is 0 Å². The Kier molecular flexibility index (Phi) is 3.30. The first-order valence-corrected chi connectivity index (χ1v) is 5.78. The quantitative estimate of drug-likeness (QED) is 0.820. The number of hydrogen-bond donors (Lipinski definition) is 2. The molecule has 5 heteroatoms. The third-order valence-electron chi connectivity index (χ3n) is 2.61. The molecule has 0 aliphatic heterocycles. The molecule has 0 saturated heterocycles. The topological polar surface area (TPSA) is 54.3 Å². The number of amides is 1. The molecular weight excluding hydrogens is 252 g/mol. The summed E-state index contributed by atoms with van der Waals surface area (Å²) in [7, 11) is 1.73. The van der Waals surface area contributed by atoms with Gasteiger partial charge < -0.3 is 15.0 Å². The molecule has 1 amide bonds.